The van der Waals surface area contributed by atoms with Gasteiger partial charge in [-0.05, 0) is 73.0 Å². The average molecular weight is 473 g/mol. The van der Waals surface area contributed by atoms with Gasteiger partial charge in [-0.1, -0.05) is 18.2 Å². The molecule has 178 valence electrons. The summed E-state index contributed by atoms with van der Waals surface area (Å²) in [5.74, 6) is 0.112. The van der Waals surface area contributed by atoms with E-state index in [1.165, 1.54) is 41.3 Å². The number of halogens is 4. The maximum Gasteiger partial charge on any atom is 0.416 e. The fraction of sp³-hybridized carbons (Fsp3) is 0.269. The van der Waals surface area contributed by atoms with Crippen LogP contribution in [0, 0.1) is 5.82 Å². The number of hydrogen-bond acceptors (Lipinski definition) is 3. The molecule has 0 saturated carbocycles. The summed E-state index contributed by atoms with van der Waals surface area (Å²) in [6, 6.07) is 12.9. The Morgan fingerprint density at radius 1 is 0.941 bits per heavy atom. The van der Waals surface area contributed by atoms with Crippen LogP contribution in [0.3, 0.4) is 0 Å². The van der Waals surface area contributed by atoms with Gasteiger partial charge in [0.2, 0.25) is 5.91 Å². The maximum absolute atomic E-state index is 13.7. The van der Waals surface area contributed by atoms with Crippen LogP contribution in [0.5, 0.6) is 11.5 Å². The van der Waals surface area contributed by atoms with Gasteiger partial charge in [-0.15, -0.1) is 0 Å². The van der Waals surface area contributed by atoms with Crippen molar-refractivity contribution in [1.82, 2.24) is 0 Å². The van der Waals surface area contributed by atoms with E-state index in [1.807, 2.05) is 13.8 Å². The van der Waals surface area contributed by atoms with Gasteiger partial charge in [0, 0.05) is 5.69 Å². The highest BCUT2D eigenvalue weighted by molar-refractivity contribution is 5.98. The molecule has 0 N–H and O–H groups in total. The van der Waals surface area contributed by atoms with Gasteiger partial charge in [-0.2, -0.15) is 13.2 Å². The molecule has 1 heterocycles. The summed E-state index contributed by atoms with van der Waals surface area (Å²) in [4.78, 5) is 14.7. The van der Waals surface area contributed by atoms with Gasteiger partial charge >= 0.3 is 6.18 Å². The Morgan fingerprint density at radius 3 is 2.21 bits per heavy atom. The molecule has 0 bridgehead atoms. The number of hydrogen-bond donors (Lipinski definition) is 0. The lowest BCUT2D eigenvalue weighted by Gasteiger charge is -2.38. The SMILES string of the molecule is CCOc1cc2c(cc1OCC)[C@@H](c1ccc(F)cc1)N(c1cccc(C(F)(F)F)c1)C(=O)C2. The van der Waals surface area contributed by atoms with Gasteiger partial charge in [-0.25, -0.2) is 4.39 Å². The Labute approximate surface area is 194 Å². The predicted molar refractivity (Wildman–Crippen MR) is 120 cm³/mol. The highest BCUT2D eigenvalue weighted by atomic mass is 19.4. The molecule has 3 aromatic rings. The van der Waals surface area contributed by atoms with E-state index in [9.17, 15) is 22.4 Å². The van der Waals surface area contributed by atoms with Crippen molar-refractivity contribution in [3.63, 3.8) is 0 Å². The van der Waals surface area contributed by atoms with Gasteiger partial charge in [-0.3, -0.25) is 4.79 Å². The molecule has 3 aromatic carbocycles. The standard InChI is InChI=1S/C26H23F4NO3/c1-3-33-22-12-17-13-24(32)31(20-7-5-6-18(14-20)26(28,29)30)25(16-8-10-19(27)11-9-16)21(17)15-23(22)34-4-2/h5-12,14-15,25H,3-4,13H2,1-2H3/t25-/m1/s1. The Kier molecular flexibility index (Phi) is 6.50. The zero-order valence-corrected chi connectivity index (χ0v) is 18.7. The summed E-state index contributed by atoms with van der Waals surface area (Å²) < 4.78 is 65.4. The number of fused-ring (bicyclic) bond motifs is 1. The Bertz CT molecular complexity index is 1190. The smallest absolute Gasteiger partial charge is 0.416 e. The first-order valence-corrected chi connectivity index (χ1v) is 10.9. The molecule has 1 atom stereocenters. The highest BCUT2D eigenvalue weighted by Gasteiger charge is 2.37. The molecule has 0 radical (unpaired) electrons. The lowest BCUT2D eigenvalue weighted by Crippen LogP contribution is -2.41. The summed E-state index contributed by atoms with van der Waals surface area (Å²) in [6.45, 7) is 4.42. The number of rotatable bonds is 6. The lowest BCUT2D eigenvalue weighted by molar-refractivity contribution is -0.137. The van der Waals surface area contributed by atoms with Crippen LogP contribution in [0.25, 0.3) is 0 Å². The second-order valence-corrected chi connectivity index (χ2v) is 7.81. The second kappa shape index (κ2) is 9.37. The summed E-state index contributed by atoms with van der Waals surface area (Å²) >= 11 is 0. The quantitative estimate of drug-likeness (QED) is 0.393. The van der Waals surface area contributed by atoms with Crippen LogP contribution in [-0.2, 0) is 17.4 Å². The fourth-order valence-electron chi connectivity index (χ4n) is 4.19. The first kappa shape index (κ1) is 23.6. The predicted octanol–water partition coefficient (Wildman–Crippen LogP) is 6.32. The molecule has 1 aliphatic heterocycles. The molecule has 1 amide bonds. The fourth-order valence-corrected chi connectivity index (χ4v) is 4.19. The summed E-state index contributed by atoms with van der Waals surface area (Å²) in [5, 5.41) is 0. The second-order valence-electron chi connectivity index (χ2n) is 7.81. The number of anilines is 1. The van der Waals surface area contributed by atoms with Crippen molar-refractivity contribution in [3.05, 3.63) is 88.7 Å². The number of benzene rings is 3. The van der Waals surface area contributed by atoms with Crippen molar-refractivity contribution >= 4 is 11.6 Å². The maximum atomic E-state index is 13.7. The van der Waals surface area contributed by atoms with Crippen LogP contribution in [0.15, 0.2) is 60.7 Å². The Morgan fingerprint density at radius 2 is 1.59 bits per heavy atom. The molecular weight excluding hydrogens is 450 g/mol. The highest BCUT2D eigenvalue weighted by Crippen LogP contribution is 2.44. The van der Waals surface area contributed by atoms with E-state index in [4.69, 9.17) is 9.47 Å². The Hall–Kier alpha value is -3.55. The third-order valence-electron chi connectivity index (χ3n) is 5.61. The zero-order chi connectivity index (χ0) is 24.5. The number of nitrogens with zero attached hydrogens (tertiary/aromatic N) is 1. The van der Waals surface area contributed by atoms with Crippen molar-refractivity contribution in [2.75, 3.05) is 18.1 Å². The van der Waals surface area contributed by atoms with Gasteiger partial charge in [0.15, 0.2) is 11.5 Å². The van der Waals surface area contributed by atoms with Crippen molar-refractivity contribution in [2.45, 2.75) is 32.5 Å². The number of amides is 1. The zero-order valence-electron chi connectivity index (χ0n) is 18.7. The van der Waals surface area contributed by atoms with Gasteiger partial charge in [0.05, 0.1) is 31.2 Å². The molecule has 8 heteroatoms. The molecule has 0 aliphatic carbocycles. The van der Waals surface area contributed by atoms with E-state index in [0.717, 1.165) is 12.1 Å². The van der Waals surface area contributed by atoms with Crippen molar-refractivity contribution < 1.29 is 31.8 Å². The molecule has 34 heavy (non-hydrogen) atoms. The normalized spacial score (nSPS) is 15.8. The van der Waals surface area contributed by atoms with E-state index in [2.05, 4.69) is 0 Å². The van der Waals surface area contributed by atoms with E-state index in [-0.39, 0.29) is 18.0 Å². The minimum atomic E-state index is -4.56. The molecule has 0 unspecified atom stereocenters. The number of ether oxygens (including phenoxy) is 2. The monoisotopic (exact) mass is 473 g/mol. The largest absolute Gasteiger partial charge is 0.490 e. The minimum absolute atomic E-state index is 0.0320. The van der Waals surface area contributed by atoms with Crippen LogP contribution in [0.1, 0.15) is 42.1 Å². The minimum Gasteiger partial charge on any atom is -0.490 e. The third kappa shape index (κ3) is 4.58. The van der Waals surface area contributed by atoms with Crippen LogP contribution in [0.2, 0.25) is 0 Å². The molecule has 0 saturated heterocycles. The lowest BCUT2D eigenvalue weighted by atomic mass is 9.86. The molecule has 0 aromatic heterocycles. The van der Waals surface area contributed by atoms with E-state index in [1.54, 1.807) is 12.1 Å². The molecule has 0 fully saturated rings. The summed E-state index contributed by atoms with van der Waals surface area (Å²) in [5.41, 5.74) is 1.15. The molecule has 1 aliphatic rings. The van der Waals surface area contributed by atoms with E-state index >= 15 is 0 Å². The number of carbonyl (C=O) groups excluding carboxylic acids is 1. The first-order valence-electron chi connectivity index (χ1n) is 10.9. The molecule has 4 nitrogen and oxygen atoms in total. The van der Waals surface area contributed by atoms with Gasteiger partial charge in [0.25, 0.3) is 0 Å². The Balaban J connectivity index is 1.92. The topological polar surface area (TPSA) is 38.8 Å². The number of alkyl halides is 3. The van der Waals surface area contributed by atoms with E-state index < -0.39 is 23.6 Å². The molecular formula is C26H23F4NO3. The number of carbonyl (C=O) groups is 1. The summed E-state index contributed by atoms with van der Waals surface area (Å²) in [7, 11) is 0. The molecule has 0 spiro atoms. The molecule has 4 rings (SSSR count). The van der Waals surface area contributed by atoms with Crippen molar-refractivity contribution in [2.24, 2.45) is 0 Å². The van der Waals surface area contributed by atoms with Crippen molar-refractivity contribution in [1.29, 1.82) is 0 Å². The third-order valence-corrected chi connectivity index (χ3v) is 5.61. The summed E-state index contributed by atoms with van der Waals surface area (Å²) in [6.07, 6.45) is -4.59. The van der Waals surface area contributed by atoms with Gasteiger partial charge < -0.3 is 14.4 Å². The van der Waals surface area contributed by atoms with Crippen LogP contribution in [-0.4, -0.2) is 19.1 Å². The van der Waals surface area contributed by atoms with Crippen LogP contribution >= 0.6 is 0 Å². The first-order chi connectivity index (χ1) is 16.2. The van der Waals surface area contributed by atoms with Crippen LogP contribution < -0.4 is 14.4 Å². The van der Waals surface area contributed by atoms with Gasteiger partial charge in [0.1, 0.15) is 5.82 Å². The van der Waals surface area contributed by atoms with Crippen molar-refractivity contribution in [3.8, 4) is 11.5 Å². The van der Waals surface area contributed by atoms with Crippen LogP contribution in [0.4, 0.5) is 23.2 Å². The average Bonchev–Trinajstić information content (AvgIpc) is 2.79. The van der Waals surface area contributed by atoms with E-state index in [0.29, 0.717) is 41.4 Å².